The summed E-state index contributed by atoms with van der Waals surface area (Å²) in [6.07, 6.45) is 0. The fourth-order valence-corrected chi connectivity index (χ4v) is 14.1. The molecule has 15 rings (SSSR count). The molecule has 0 aliphatic carbocycles. The summed E-state index contributed by atoms with van der Waals surface area (Å²) in [6.45, 7) is 20.9. The molecule has 11 aromatic carbocycles. The normalized spacial score (nSPS) is 12.7. The SMILES string of the molecule is CC(C)(C)n1c2ccccc2c2cc(-n3c4ccccc4c4cc(-c5ccc(-c6cccc7c8c(-c9ccc(-c%10cccc%11c%12cccc(-c%13ccccc%13)c%12n(C(C)(C)C)c%10%11)cc9)cccc8n(C(C)(C)C)c67)cc5)ccc43)ccc21. The summed E-state index contributed by atoms with van der Waals surface area (Å²) in [5, 5.41) is 10.2. The van der Waals surface area contributed by atoms with Crippen LogP contribution in [-0.4, -0.2) is 18.3 Å². The van der Waals surface area contributed by atoms with Crippen LogP contribution >= 0.6 is 0 Å². The molecule has 0 N–H and O–H groups in total. The Labute approximate surface area is 479 Å². The number of hydrogen-bond donors (Lipinski definition) is 0. The van der Waals surface area contributed by atoms with E-state index in [0.29, 0.717) is 0 Å². The van der Waals surface area contributed by atoms with Crippen LogP contribution in [0.4, 0.5) is 0 Å². The summed E-state index contributed by atoms with van der Waals surface area (Å²) in [7, 11) is 0. The van der Waals surface area contributed by atoms with Gasteiger partial charge in [-0.3, -0.25) is 0 Å². The van der Waals surface area contributed by atoms with E-state index in [1.807, 2.05) is 0 Å². The van der Waals surface area contributed by atoms with Crippen LogP contribution in [0.2, 0.25) is 0 Å². The van der Waals surface area contributed by atoms with Gasteiger partial charge in [0.05, 0.1) is 33.1 Å². The Hall–Kier alpha value is -9.38. The topological polar surface area (TPSA) is 19.7 Å². The van der Waals surface area contributed by atoms with Gasteiger partial charge in [0, 0.05) is 93.1 Å². The van der Waals surface area contributed by atoms with E-state index in [1.165, 1.54) is 149 Å². The lowest BCUT2D eigenvalue weighted by Gasteiger charge is -2.26. The summed E-state index contributed by atoms with van der Waals surface area (Å²) in [4.78, 5) is 0. The summed E-state index contributed by atoms with van der Waals surface area (Å²) in [5.74, 6) is 0. The van der Waals surface area contributed by atoms with Crippen LogP contribution in [0.15, 0.2) is 237 Å². The average Bonchev–Trinajstić information content (AvgIpc) is 2.90. The molecule has 0 atom stereocenters. The van der Waals surface area contributed by atoms with Gasteiger partial charge in [-0.2, -0.15) is 0 Å². The summed E-state index contributed by atoms with van der Waals surface area (Å²) in [6, 6.07) is 88.6. The first kappa shape index (κ1) is 49.6. The van der Waals surface area contributed by atoms with Crippen molar-refractivity contribution in [2.75, 3.05) is 0 Å². The van der Waals surface area contributed by atoms with E-state index in [9.17, 15) is 0 Å². The molecule has 4 heteroatoms. The molecule has 0 aliphatic heterocycles. The minimum Gasteiger partial charge on any atom is -0.335 e. The van der Waals surface area contributed by atoms with E-state index >= 15 is 0 Å². The van der Waals surface area contributed by atoms with Crippen LogP contribution in [0.25, 0.3) is 149 Å². The van der Waals surface area contributed by atoms with Gasteiger partial charge in [-0.05, 0) is 150 Å². The monoisotopic (exact) mass is 1060 g/mol. The van der Waals surface area contributed by atoms with E-state index in [2.05, 4.69) is 317 Å². The number of benzene rings is 11. The zero-order chi connectivity index (χ0) is 56.0. The highest BCUT2D eigenvalue weighted by Crippen LogP contribution is 2.47. The summed E-state index contributed by atoms with van der Waals surface area (Å²) < 4.78 is 10.1. The Bertz CT molecular complexity index is 5050. The lowest BCUT2D eigenvalue weighted by molar-refractivity contribution is 0.423. The second-order valence-electron chi connectivity index (χ2n) is 25.6. The molecule has 4 aromatic heterocycles. The quantitative estimate of drug-likeness (QED) is 0.158. The van der Waals surface area contributed by atoms with E-state index in [4.69, 9.17) is 0 Å². The molecular formula is C78H66N4. The van der Waals surface area contributed by atoms with Crippen molar-refractivity contribution in [3.8, 4) is 61.3 Å². The van der Waals surface area contributed by atoms with Crippen molar-refractivity contribution in [2.24, 2.45) is 0 Å². The van der Waals surface area contributed by atoms with Gasteiger partial charge in [0.25, 0.3) is 0 Å². The van der Waals surface area contributed by atoms with Crippen LogP contribution < -0.4 is 0 Å². The Kier molecular flexibility index (Phi) is 10.9. The third-order valence-electron chi connectivity index (χ3n) is 17.3. The molecule has 15 aromatic rings. The minimum absolute atomic E-state index is 0.0613. The molecule has 398 valence electrons. The number of fused-ring (bicyclic) bond motifs is 12. The van der Waals surface area contributed by atoms with Crippen LogP contribution in [0, 0.1) is 0 Å². The standard InChI is InChI=1S/C78H66N4/c1-76(2,3)80-69-33-16-14-24-61(69)66-48-55(44-46-70(66)80)79-67-32-15-13-23-60(67)65-47-54(43-45-68(65)79)49-35-37-52(38-36-49)59-28-19-31-64-72-56(25-20-34-71(72)81(75(59)64)77(4,5)6)51-39-41-53(42-40-51)58-27-18-30-63-62-29-17-26-57(50-21-11-10-12-22-50)73(62)82(74(58)63)78(7,8)9/h10-48H,1-9H3. The Morgan fingerprint density at radius 2 is 0.622 bits per heavy atom. The van der Waals surface area contributed by atoms with Crippen LogP contribution in [0.5, 0.6) is 0 Å². The minimum atomic E-state index is -0.200. The van der Waals surface area contributed by atoms with Gasteiger partial charge in [-0.25, -0.2) is 0 Å². The maximum absolute atomic E-state index is 2.59. The van der Waals surface area contributed by atoms with Gasteiger partial charge in [0.1, 0.15) is 0 Å². The molecular weight excluding hydrogens is 993 g/mol. The zero-order valence-corrected chi connectivity index (χ0v) is 48.3. The first-order chi connectivity index (χ1) is 39.6. The highest BCUT2D eigenvalue weighted by atomic mass is 15.1. The van der Waals surface area contributed by atoms with E-state index < -0.39 is 0 Å². The van der Waals surface area contributed by atoms with Crippen LogP contribution in [0.3, 0.4) is 0 Å². The molecule has 0 aliphatic rings. The van der Waals surface area contributed by atoms with Crippen molar-refractivity contribution in [2.45, 2.75) is 78.9 Å². The van der Waals surface area contributed by atoms with Crippen LogP contribution in [-0.2, 0) is 16.6 Å². The van der Waals surface area contributed by atoms with Gasteiger partial charge in [-0.1, -0.05) is 188 Å². The van der Waals surface area contributed by atoms with E-state index in [0.717, 1.165) is 0 Å². The molecule has 0 unspecified atom stereocenters. The van der Waals surface area contributed by atoms with E-state index in [-0.39, 0.29) is 16.6 Å². The first-order valence-electron chi connectivity index (χ1n) is 29.1. The summed E-state index contributed by atoms with van der Waals surface area (Å²) >= 11 is 0. The largest absolute Gasteiger partial charge is 0.335 e. The van der Waals surface area contributed by atoms with Crippen molar-refractivity contribution < 1.29 is 0 Å². The first-order valence-corrected chi connectivity index (χ1v) is 29.1. The molecule has 0 amide bonds. The summed E-state index contributed by atoms with van der Waals surface area (Å²) in [5.41, 5.74) is 22.9. The fraction of sp³-hybridized carbons (Fsp3) is 0.154. The third kappa shape index (κ3) is 7.57. The van der Waals surface area contributed by atoms with Gasteiger partial charge < -0.3 is 18.3 Å². The molecule has 0 radical (unpaired) electrons. The van der Waals surface area contributed by atoms with Gasteiger partial charge in [0.15, 0.2) is 0 Å². The molecule has 0 bridgehead atoms. The molecule has 0 fully saturated rings. The maximum Gasteiger partial charge on any atom is 0.0576 e. The Morgan fingerprint density at radius 1 is 0.232 bits per heavy atom. The van der Waals surface area contributed by atoms with E-state index in [1.54, 1.807) is 0 Å². The number of para-hydroxylation sites is 5. The molecule has 0 saturated heterocycles. The molecule has 4 heterocycles. The number of rotatable bonds is 6. The van der Waals surface area contributed by atoms with Crippen molar-refractivity contribution in [3.63, 3.8) is 0 Å². The Morgan fingerprint density at radius 3 is 1.22 bits per heavy atom. The predicted octanol–water partition coefficient (Wildman–Crippen LogP) is 21.7. The van der Waals surface area contributed by atoms with Gasteiger partial charge in [0.2, 0.25) is 0 Å². The smallest absolute Gasteiger partial charge is 0.0576 e. The second kappa shape index (κ2) is 18.1. The third-order valence-corrected chi connectivity index (χ3v) is 17.3. The van der Waals surface area contributed by atoms with Crippen molar-refractivity contribution in [1.29, 1.82) is 0 Å². The second-order valence-corrected chi connectivity index (χ2v) is 25.6. The predicted molar refractivity (Wildman–Crippen MR) is 352 cm³/mol. The zero-order valence-electron chi connectivity index (χ0n) is 48.3. The number of aromatic nitrogens is 4. The Balaban J connectivity index is 0.810. The van der Waals surface area contributed by atoms with Crippen LogP contribution in [0.1, 0.15) is 62.3 Å². The molecule has 0 saturated carbocycles. The highest BCUT2D eigenvalue weighted by molar-refractivity contribution is 6.20. The van der Waals surface area contributed by atoms with Gasteiger partial charge in [-0.15, -0.1) is 0 Å². The fourth-order valence-electron chi connectivity index (χ4n) is 14.1. The number of hydrogen-bond acceptors (Lipinski definition) is 0. The maximum atomic E-state index is 2.59. The molecule has 4 nitrogen and oxygen atoms in total. The van der Waals surface area contributed by atoms with Crippen molar-refractivity contribution in [1.82, 2.24) is 18.3 Å². The number of nitrogens with zero attached hydrogens (tertiary/aromatic N) is 4. The van der Waals surface area contributed by atoms with Crippen molar-refractivity contribution in [3.05, 3.63) is 237 Å². The van der Waals surface area contributed by atoms with Crippen molar-refractivity contribution >= 4 is 87.2 Å². The molecule has 82 heavy (non-hydrogen) atoms. The highest BCUT2D eigenvalue weighted by Gasteiger charge is 2.28. The molecule has 0 spiro atoms. The lowest BCUT2D eigenvalue weighted by atomic mass is 9.94. The van der Waals surface area contributed by atoms with Gasteiger partial charge >= 0.3 is 0 Å². The average molecular weight is 1060 g/mol. The lowest BCUT2D eigenvalue weighted by Crippen LogP contribution is -2.22.